The fourth-order valence-corrected chi connectivity index (χ4v) is 4.33. The largest absolute Gasteiger partial charge is 0.462 e. The van der Waals surface area contributed by atoms with Gasteiger partial charge in [-0.05, 0) is 43.5 Å². The van der Waals surface area contributed by atoms with Gasteiger partial charge in [0.1, 0.15) is 6.10 Å². The second-order valence-corrected chi connectivity index (χ2v) is 6.52. The molecule has 0 aromatic heterocycles. The second-order valence-electron chi connectivity index (χ2n) is 6.52. The SMILES string of the molecule is CC(=O)O[C@H]1C[C@@H](c2ccc3c(c2)OCO3)[C@]2(CCCN2)C1. The summed E-state index contributed by atoms with van der Waals surface area (Å²) in [5.74, 6) is 1.78. The van der Waals surface area contributed by atoms with Gasteiger partial charge in [-0.25, -0.2) is 0 Å². The molecule has 1 aromatic rings. The molecule has 1 N–H and O–H groups in total. The monoisotopic (exact) mass is 303 g/mol. The molecule has 3 atom stereocenters. The number of esters is 1. The van der Waals surface area contributed by atoms with Gasteiger partial charge in [-0.15, -0.1) is 0 Å². The molecule has 1 spiro atoms. The zero-order chi connectivity index (χ0) is 15.2. The Kier molecular flexibility index (Phi) is 3.26. The smallest absolute Gasteiger partial charge is 0.302 e. The summed E-state index contributed by atoms with van der Waals surface area (Å²) in [6.45, 7) is 2.82. The summed E-state index contributed by atoms with van der Waals surface area (Å²) in [5.41, 5.74) is 1.29. The standard InChI is InChI=1S/C17H21NO4/c1-11(19)22-13-8-14(17(9-13)5-2-6-18-17)12-3-4-15-16(7-12)21-10-20-15/h3-4,7,13-14,18H,2,5-6,8-10H2,1H3/t13-,14-,17-/m0/s1. The number of ether oxygens (including phenoxy) is 3. The molecule has 5 nitrogen and oxygen atoms in total. The lowest BCUT2D eigenvalue weighted by Gasteiger charge is -2.31. The third-order valence-electron chi connectivity index (χ3n) is 5.17. The molecular weight excluding hydrogens is 282 g/mol. The van der Waals surface area contributed by atoms with Crippen LogP contribution in [0.1, 0.15) is 44.1 Å². The molecule has 3 aliphatic rings. The van der Waals surface area contributed by atoms with Crippen LogP contribution in [0, 0.1) is 0 Å². The molecule has 1 aromatic carbocycles. The van der Waals surface area contributed by atoms with Gasteiger partial charge in [0, 0.05) is 24.8 Å². The number of carbonyl (C=O) groups is 1. The summed E-state index contributed by atoms with van der Waals surface area (Å²) in [7, 11) is 0. The Balaban J connectivity index is 1.64. The van der Waals surface area contributed by atoms with Gasteiger partial charge in [-0.2, -0.15) is 0 Å². The maximum atomic E-state index is 11.3. The Labute approximate surface area is 129 Å². The van der Waals surface area contributed by atoms with Crippen LogP contribution in [0.15, 0.2) is 18.2 Å². The molecule has 2 fully saturated rings. The molecule has 118 valence electrons. The van der Waals surface area contributed by atoms with Crippen LogP contribution in [0.25, 0.3) is 0 Å². The molecule has 22 heavy (non-hydrogen) atoms. The summed E-state index contributed by atoms with van der Waals surface area (Å²) in [5, 5.41) is 3.69. The summed E-state index contributed by atoms with van der Waals surface area (Å²) in [6.07, 6.45) is 4.06. The van der Waals surface area contributed by atoms with E-state index in [9.17, 15) is 4.79 Å². The van der Waals surface area contributed by atoms with E-state index >= 15 is 0 Å². The van der Waals surface area contributed by atoms with Crippen molar-refractivity contribution in [2.75, 3.05) is 13.3 Å². The van der Waals surface area contributed by atoms with Crippen molar-refractivity contribution in [1.82, 2.24) is 5.32 Å². The summed E-state index contributed by atoms with van der Waals surface area (Å²) >= 11 is 0. The van der Waals surface area contributed by atoms with Crippen molar-refractivity contribution < 1.29 is 19.0 Å². The minimum atomic E-state index is -0.190. The van der Waals surface area contributed by atoms with E-state index in [1.165, 1.54) is 18.9 Å². The summed E-state index contributed by atoms with van der Waals surface area (Å²) < 4.78 is 16.4. The van der Waals surface area contributed by atoms with Crippen LogP contribution in [0.3, 0.4) is 0 Å². The van der Waals surface area contributed by atoms with Crippen LogP contribution in [-0.4, -0.2) is 30.9 Å². The van der Waals surface area contributed by atoms with Crippen LogP contribution in [0.4, 0.5) is 0 Å². The molecule has 2 heterocycles. The third-order valence-corrected chi connectivity index (χ3v) is 5.17. The topological polar surface area (TPSA) is 56.8 Å². The van der Waals surface area contributed by atoms with E-state index < -0.39 is 0 Å². The quantitative estimate of drug-likeness (QED) is 0.850. The van der Waals surface area contributed by atoms with E-state index in [1.807, 2.05) is 6.07 Å². The van der Waals surface area contributed by atoms with Crippen LogP contribution in [0.2, 0.25) is 0 Å². The molecule has 0 amide bonds. The molecule has 0 bridgehead atoms. The molecule has 2 aliphatic heterocycles. The van der Waals surface area contributed by atoms with Crippen LogP contribution in [0.5, 0.6) is 11.5 Å². The Bertz CT molecular complexity index is 594. The van der Waals surface area contributed by atoms with Gasteiger partial charge >= 0.3 is 5.97 Å². The van der Waals surface area contributed by atoms with Gasteiger partial charge in [-0.1, -0.05) is 6.07 Å². The maximum absolute atomic E-state index is 11.3. The number of nitrogens with one attached hydrogen (secondary N) is 1. The average Bonchev–Trinajstić information content (AvgIpc) is 3.19. The Hall–Kier alpha value is -1.75. The van der Waals surface area contributed by atoms with Gasteiger partial charge in [-0.3, -0.25) is 4.79 Å². The number of rotatable bonds is 2. The lowest BCUT2D eigenvalue weighted by atomic mass is 9.81. The lowest BCUT2D eigenvalue weighted by Crippen LogP contribution is -2.42. The highest BCUT2D eigenvalue weighted by molar-refractivity contribution is 5.66. The minimum Gasteiger partial charge on any atom is -0.462 e. The van der Waals surface area contributed by atoms with Crippen molar-refractivity contribution in [3.8, 4) is 11.5 Å². The van der Waals surface area contributed by atoms with Crippen molar-refractivity contribution in [3.63, 3.8) is 0 Å². The van der Waals surface area contributed by atoms with E-state index in [-0.39, 0.29) is 17.6 Å². The number of hydrogen-bond donors (Lipinski definition) is 1. The zero-order valence-electron chi connectivity index (χ0n) is 12.8. The van der Waals surface area contributed by atoms with Crippen molar-refractivity contribution in [2.24, 2.45) is 0 Å². The Morgan fingerprint density at radius 1 is 1.36 bits per heavy atom. The van der Waals surface area contributed by atoms with E-state index in [0.717, 1.165) is 37.3 Å². The average molecular weight is 303 g/mol. The number of carbonyl (C=O) groups excluding carboxylic acids is 1. The molecule has 4 rings (SSSR count). The van der Waals surface area contributed by atoms with E-state index in [0.29, 0.717) is 12.7 Å². The molecule has 0 radical (unpaired) electrons. The predicted octanol–water partition coefficient (Wildman–Crippen LogP) is 2.35. The second kappa shape index (κ2) is 5.16. The third kappa shape index (κ3) is 2.24. The Morgan fingerprint density at radius 2 is 2.23 bits per heavy atom. The minimum absolute atomic E-state index is 0.00137. The van der Waals surface area contributed by atoms with Gasteiger partial charge in [0.2, 0.25) is 6.79 Å². The number of fused-ring (bicyclic) bond motifs is 1. The van der Waals surface area contributed by atoms with Crippen LogP contribution >= 0.6 is 0 Å². The fraction of sp³-hybridized carbons (Fsp3) is 0.588. The first-order valence-corrected chi connectivity index (χ1v) is 7.98. The van der Waals surface area contributed by atoms with Crippen molar-refractivity contribution in [1.29, 1.82) is 0 Å². The van der Waals surface area contributed by atoms with E-state index in [2.05, 4.69) is 17.4 Å². The van der Waals surface area contributed by atoms with Gasteiger partial charge in [0.05, 0.1) is 0 Å². The highest BCUT2D eigenvalue weighted by Gasteiger charge is 2.50. The fourth-order valence-electron chi connectivity index (χ4n) is 4.33. The Morgan fingerprint density at radius 3 is 3.00 bits per heavy atom. The molecular formula is C17H21NO4. The first kappa shape index (κ1) is 13.9. The molecule has 0 unspecified atom stereocenters. The highest BCUT2D eigenvalue weighted by atomic mass is 16.7. The van der Waals surface area contributed by atoms with Crippen molar-refractivity contribution in [2.45, 2.75) is 50.2 Å². The molecule has 1 saturated carbocycles. The number of hydrogen-bond acceptors (Lipinski definition) is 5. The summed E-state index contributed by atoms with van der Waals surface area (Å²) in [4.78, 5) is 11.3. The van der Waals surface area contributed by atoms with Gasteiger partial charge in [0.25, 0.3) is 0 Å². The van der Waals surface area contributed by atoms with E-state index in [4.69, 9.17) is 14.2 Å². The van der Waals surface area contributed by atoms with Gasteiger partial charge < -0.3 is 19.5 Å². The van der Waals surface area contributed by atoms with E-state index in [1.54, 1.807) is 0 Å². The normalized spacial score (nSPS) is 32.6. The predicted molar refractivity (Wildman–Crippen MR) is 80.1 cm³/mol. The molecule has 5 heteroatoms. The highest BCUT2D eigenvalue weighted by Crippen LogP contribution is 2.50. The lowest BCUT2D eigenvalue weighted by molar-refractivity contribution is -0.146. The first-order valence-electron chi connectivity index (χ1n) is 7.98. The summed E-state index contributed by atoms with van der Waals surface area (Å²) in [6, 6.07) is 6.19. The maximum Gasteiger partial charge on any atom is 0.302 e. The molecule has 1 saturated heterocycles. The zero-order valence-corrected chi connectivity index (χ0v) is 12.8. The first-order chi connectivity index (χ1) is 10.7. The number of benzene rings is 1. The van der Waals surface area contributed by atoms with Crippen LogP contribution < -0.4 is 14.8 Å². The molecule has 1 aliphatic carbocycles. The van der Waals surface area contributed by atoms with Crippen molar-refractivity contribution in [3.05, 3.63) is 23.8 Å². The van der Waals surface area contributed by atoms with Crippen LogP contribution in [-0.2, 0) is 9.53 Å². The van der Waals surface area contributed by atoms with Crippen molar-refractivity contribution >= 4 is 5.97 Å². The van der Waals surface area contributed by atoms with Gasteiger partial charge in [0.15, 0.2) is 11.5 Å².